The van der Waals surface area contributed by atoms with E-state index < -0.39 is 21.9 Å². The van der Waals surface area contributed by atoms with Gasteiger partial charge in [0.05, 0.1) is 10.8 Å². The second-order valence-corrected chi connectivity index (χ2v) is 8.15. The molecular weight excluding hydrogens is 332 g/mol. The second kappa shape index (κ2) is 6.52. The maximum Gasteiger partial charge on any atom is 0.306 e. The third-order valence-corrected chi connectivity index (χ3v) is 5.98. The molecule has 2 aliphatic rings. The summed E-state index contributed by atoms with van der Waals surface area (Å²) in [6.07, 6.45) is 3.35. The van der Waals surface area contributed by atoms with Crippen molar-refractivity contribution in [3.63, 3.8) is 0 Å². The highest BCUT2D eigenvalue weighted by Crippen LogP contribution is 2.26. The Morgan fingerprint density at radius 3 is 2.17 bits per heavy atom. The summed E-state index contributed by atoms with van der Waals surface area (Å²) in [6.45, 7) is 0. The lowest BCUT2D eigenvalue weighted by Crippen LogP contribution is -2.33. The molecule has 3 rings (SSSR count). The maximum atomic E-state index is 12.2. The first kappa shape index (κ1) is 16.9. The van der Waals surface area contributed by atoms with Crippen molar-refractivity contribution in [3.8, 4) is 0 Å². The van der Waals surface area contributed by atoms with Gasteiger partial charge in [0.2, 0.25) is 10.0 Å². The zero-order valence-electron chi connectivity index (χ0n) is 13.1. The Hall–Kier alpha value is -1.93. The standard InChI is InChI=1S/C16H20N2O5S/c19-15(17-13-4-1-11(9-13)16(20)21)10-2-7-14(8-3-10)24(22,23)18-12-5-6-12/h2-3,7-8,11-13,18H,1,4-6,9H2,(H,17,19)(H,20,21)/t11-,13+/m0/s1. The van der Waals surface area contributed by atoms with Crippen LogP contribution in [0.2, 0.25) is 0 Å². The van der Waals surface area contributed by atoms with E-state index >= 15 is 0 Å². The molecule has 0 aromatic heterocycles. The first-order valence-corrected chi connectivity index (χ1v) is 9.49. The lowest BCUT2D eigenvalue weighted by Gasteiger charge is -2.13. The molecule has 0 spiro atoms. The van der Waals surface area contributed by atoms with Gasteiger partial charge in [-0.05, 0) is 56.4 Å². The van der Waals surface area contributed by atoms with Gasteiger partial charge in [-0.1, -0.05) is 0 Å². The molecule has 0 radical (unpaired) electrons. The van der Waals surface area contributed by atoms with Gasteiger partial charge in [0.25, 0.3) is 5.91 Å². The normalized spacial score (nSPS) is 23.8. The summed E-state index contributed by atoms with van der Waals surface area (Å²) in [6, 6.07) is 5.64. The minimum Gasteiger partial charge on any atom is -0.481 e. The van der Waals surface area contributed by atoms with Crippen molar-refractivity contribution in [2.45, 2.75) is 49.1 Å². The van der Waals surface area contributed by atoms with Gasteiger partial charge >= 0.3 is 5.97 Å². The molecule has 0 aliphatic heterocycles. The topological polar surface area (TPSA) is 113 Å². The summed E-state index contributed by atoms with van der Waals surface area (Å²) >= 11 is 0. The highest BCUT2D eigenvalue weighted by molar-refractivity contribution is 7.89. The molecule has 2 aliphatic carbocycles. The molecule has 7 nitrogen and oxygen atoms in total. The number of amides is 1. The fourth-order valence-electron chi connectivity index (χ4n) is 2.88. The Labute approximate surface area is 140 Å². The minimum absolute atomic E-state index is 0.0301. The van der Waals surface area contributed by atoms with Crippen LogP contribution in [0.25, 0.3) is 0 Å². The number of hydrogen-bond donors (Lipinski definition) is 3. The van der Waals surface area contributed by atoms with Crippen LogP contribution in [0.15, 0.2) is 29.2 Å². The minimum atomic E-state index is -3.53. The lowest BCUT2D eigenvalue weighted by atomic mass is 10.1. The Morgan fingerprint density at radius 2 is 1.62 bits per heavy atom. The first-order valence-electron chi connectivity index (χ1n) is 8.01. The number of sulfonamides is 1. The van der Waals surface area contributed by atoms with Gasteiger partial charge < -0.3 is 10.4 Å². The lowest BCUT2D eigenvalue weighted by molar-refractivity contribution is -0.141. The maximum absolute atomic E-state index is 12.2. The van der Waals surface area contributed by atoms with Crippen LogP contribution >= 0.6 is 0 Å². The fourth-order valence-corrected chi connectivity index (χ4v) is 4.18. The molecule has 130 valence electrons. The number of hydrogen-bond acceptors (Lipinski definition) is 4. The molecule has 0 bridgehead atoms. The number of carboxylic acids is 1. The molecule has 2 fully saturated rings. The second-order valence-electron chi connectivity index (χ2n) is 6.44. The quantitative estimate of drug-likeness (QED) is 0.710. The Kier molecular flexibility index (Phi) is 4.60. The van der Waals surface area contributed by atoms with Crippen molar-refractivity contribution in [2.24, 2.45) is 5.92 Å². The molecule has 24 heavy (non-hydrogen) atoms. The van der Waals surface area contributed by atoms with E-state index in [1.165, 1.54) is 24.3 Å². The van der Waals surface area contributed by atoms with Crippen LogP contribution in [-0.2, 0) is 14.8 Å². The van der Waals surface area contributed by atoms with Gasteiger partial charge in [0, 0.05) is 17.6 Å². The molecule has 3 N–H and O–H groups in total. The third kappa shape index (κ3) is 3.93. The molecule has 2 atom stereocenters. The van der Waals surface area contributed by atoms with Crippen LogP contribution in [-0.4, -0.2) is 37.5 Å². The van der Waals surface area contributed by atoms with E-state index in [0.29, 0.717) is 24.8 Å². The van der Waals surface area contributed by atoms with Crippen molar-refractivity contribution in [1.82, 2.24) is 10.0 Å². The number of benzene rings is 1. The molecule has 2 saturated carbocycles. The van der Waals surface area contributed by atoms with Gasteiger partial charge in [-0.15, -0.1) is 0 Å². The largest absolute Gasteiger partial charge is 0.481 e. The van der Waals surface area contributed by atoms with Gasteiger partial charge in [-0.25, -0.2) is 13.1 Å². The Balaban J connectivity index is 1.61. The number of nitrogens with one attached hydrogen (secondary N) is 2. The van der Waals surface area contributed by atoms with Crippen LogP contribution < -0.4 is 10.0 Å². The average Bonchev–Trinajstić information content (AvgIpc) is 3.21. The summed E-state index contributed by atoms with van der Waals surface area (Å²) in [5.74, 6) is -1.55. The monoisotopic (exact) mass is 352 g/mol. The summed E-state index contributed by atoms with van der Waals surface area (Å²) in [4.78, 5) is 23.3. The van der Waals surface area contributed by atoms with Crippen LogP contribution in [0.1, 0.15) is 42.5 Å². The summed E-state index contributed by atoms with van der Waals surface area (Å²) in [5.41, 5.74) is 0.360. The number of carbonyl (C=O) groups is 2. The van der Waals surface area contributed by atoms with Crippen molar-refractivity contribution < 1.29 is 23.1 Å². The van der Waals surface area contributed by atoms with E-state index in [4.69, 9.17) is 5.11 Å². The molecule has 1 amide bonds. The smallest absolute Gasteiger partial charge is 0.306 e. The number of aliphatic carboxylic acids is 1. The van der Waals surface area contributed by atoms with E-state index in [1.807, 2.05) is 0 Å². The molecule has 8 heteroatoms. The zero-order valence-corrected chi connectivity index (χ0v) is 13.9. The molecule has 0 heterocycles. The average molecular weight is 352 g/mol. The zero-order chi connectivity index (χ0) is 17.3. The summed E-state index contributed by atoms with van der Waals surface area (Å²) in [5, 5.41) is 11.8. The predicted octanol–water partition coefficient (Wildman–Crippen LogP) is 1.11. The van der Waals surface area contributed by atoms with E-state index in [2.05, 4.69) is 10.0 Å². The summed E-state index contributed by atoms with van der Waals surface area (Å²) in [7, 11) is -3.53. The fraction of sp³-hybridized carbons (Fsp3) is 0.500. The highest BCUT2D eigenvalue weighted by Gasteiger charge is 2.31. The van der Waals surface area contributed by atoms with Crippen molar-refractivity contribution >= 4 is 21.9 Å². The van der Waals surface area contributed by atoms with Crippen molar-refractivity contribution in [3.05, 3.63) is 29.8 Å². The Morgan fingerprint density at radius 1 is 1.00 bits per heavy atom. The van der Waals surface area contributed by atoms with Crippen molar-refractivity contribution in [2.75, 3.05) is 0 Å². The van der Waals surface area contributed by atoms with Crippen LogP contribution in [0, 0.1) is 5.92 Å². The van der Waals surface area contributed by atoms with Crippen molar-refractivity contribution in [1.29, 1.82) is 0 Å². The third-order valence-electron chi connectivity index (χ3n) is 4.44. The van der Waals surface area contributed by atoms with E-state index in [-0.39, 0.29) is 22.9 Å². The number of rotatable bonds is 6. The van der Waals surface area contributed by atoms with Gasteiger partial charge in [0.15, 0.2) is 0 Å². The highest BCUT2D eigenvalue weighted by atomic mass is 32.2. The molecule has 0 unspecified atom stereocenters. The molecule has 1 aromatic rings. The predicted molar refractivity (Wildman–Crippen MR) is 86.0 cm³/mol. The van der Waals surface area contributed by atoms with Crippen LogP contribution in [0.5, 0.6) is 0 Å². The van der Waals surface area contributed by atoms with Gasteiger partial charge in [-0.2, -0.15) is 0 Å². The van der Waals surface area contributed by atoms with E-state index in [1.54, 1.807) is 0 Å². The van der Waals surface area contributed by atoms with E-state index in [0.717, 1.165) is 12.8 Å². The Bertz CT molecular complexity index is 740. The number of carboxylic acid groups (broad SMARTS) is 1. The first-order chi connectivity index (χ1) is 11.3. The molecule has 0 saturated heterocycles. The van der Waals surface area contributed by atoms with Crippen LogP contribution in [0.4, 0.5) is 0 Å². The van der Waals surface area contributed by atoms with Crippen LogP contribution in [0.3, 0.4) is 0 Å². The molecule has 1 aromatic carbocycles. The van der Waals surface area contributed by atoms with Gasteiger partial charge in [-0.3, -0.25) is 9.59 Å². The number of carbonyl (C=O) groups excluding carboxylic acids is 1. The molecular formula is C16H20N2O5S. The SMILES string of the molecule is O=C(N[C@@H]1CC[C@H](C(=O)O)C1)c1ccc(S(=O)(=O)NC2CC2)cc1. The van der Waals surface area contributed by atoms with Gasteiger partial charge in [0.1, 0.15) is 0 Å². The van der Waals surface area contributed by atoms with E-state index in [9.17, 15) is 18.0 Å². The summed E-state index contributed by atoms with van der Waals surface area (Å²) < 4.78 is 26.7.